The number of fused-ring (bicyclic) bond motifs is 1. The van der Waals surface area contributed by atoms with Crippen LogP contribution >= 0.6 is 0 Å². The fourth-order valence-electron chi connectivity index (χ4n) is 3.55. The number of carbonyl (C=O) groups is 1. The van der Waals surface area contributed by atoms with Crippen LogP contribution in [0.4, 0.5) is 17.5 Å². The van der Waals surface area contributed by atoms with Crippen molar-refractivity contribution < 1.29 is 25.4 Å². The number of pyridine rings is 2. The van der Waals surface area contributed by atoms with Crippen molar-refractivity contribution in [2.24, 2.45) is 0 Å². The number of nitrogens with zero attached hydrogens (tertiary/aromatic N) is 5. The van der Waals surface area contributed by atoms with Crippen LogP contribution in [0.2, 0.25) is 0 Å². The Morgan fingerprint density at radius 1 is 1.21 bits per heavy atom. The summed E-state index contributed by atoms with van der Waals surface area (Å²) >= 11 is 0. The zero-order valence-electron chi connectivity index (χ0n) is 32.4. The maximum absolute atomic E-state index is 13.9. The number of hydrogen-bond acceptors (Lipinski definition) is 8. The maximum Gasteiger partial charge on any atom is 0.263 e. The number of hydrogen-bond donors (Lipinski definition) is 2. The van der Waals surface area contributed by atoms with Crippen LogP contribution in [0, 0.1) is 6.85 Å². The summed E-state index contributed by atoms with van der Waals surface area (Å²) in [4.78, 5) is 39.2. The third-order valence-electron chi connectivity index (χ3n) is 5.07. The van der Waals surface area contributed by atoms with E-state index in [1.807, 2.05) is 0 Å². The van der Waals surface area contributed by atoms with E-state index in [1.54, 1.807) is 5.32 Å². The molecule has 9 nitrogen and oxygen atoms in total. The first-order valence-corrected chi connectivity index (χ1v) is 9.97. The van der Waals surface area contributed by atoms with Gasteiger partial charge in [-0.2, -0.15) is 4.98 Å². The second-order valence-corrected chi connectivity index (χ2v) is 7.18. The number of aromatic nitrogens is 4. The monoisotopic (exact) mass is 462 g/mol. The van der Waals surface area contributed by atoms with Crippen LogP contribution < -0.4 is 21.1 Å². The van der Waals surface area contributed by atoms with Crippen LogP contribution in [0.5, 0.6) is 0 Å². The van der Waals surface area contributed by atoms with Gasteiger partial charge in [-0.15, -0.1) is 0 Å². The number of piperazine rings is 1. The van der Waals surface area contributed by atoms with Crippen LogP contribution in [0.25, 0.3) is 11.0 Å². The second kappa shape index (κ2) is 8.90. The van der Waals surface area contributed by atoms with Crippen molar-refractivity contribution in [3.8, 4) is 0 Å². The summed E-state index contributed by atoms with van der Waals surface area (Å²) in [6.07, 6.45) is -3.27. The van der Waals surface area contributed by atoms with Gasteiger partial charge in [0.15, 0.2) is 5.78 Å². The number of ketones is 1. The van der Waals surface area contributed by atoms with Gasteiger partial charge in [-0.05, 0) is 44.2 Å². The topological polar surface area (TPSA) is 105 Å². The van der Waals surface area contributed by atoms with Gasteiger partial charge in [0.2, 0.25) is 5.95 Å². The molecule has 172 valence electrons. The molecule has 9 heteroatoms. The van der Waals surface area contributed by atoms with E-state index in [0.29, 0.717) is 4.57 Å². The third-order valence-corrected chi connectivity index (χ3v) is 5.07. The van der Waals surface area contributed by atoms with Crippen LogP contribution in [0.1, 0.15) is 75.0 Å². The number of aryl methyl sites for hydroxylation is 1. The molecule has 2 fully saturated rings. The number of Topliss-reactive ketones (excluding diaryl/α,β-unsaturated/α-hetero) is 1. The lowest BCUT2D eigenvalue weighted by atomic mass is 10.0. The molecule has 1 saturated carbocycles. The molecule has 2 N–H and O–H groups in total. The molecule has 1 aliphatic carbocycles. The van der Waals surface area contributed by atoms with E-state index in [1.165, 1.54) is 6.07 Å². The molecule has 1 aliphatic heterocycles. The normalized spacial score (nSPS) is 33.2. The molecule has 1 saturated heterocycles. The Balaban J connectivity index is 1.65. The van der Waals surface area contributed by atoms with Crippen molar-refractivity contribution in [3.05, 3.63) is 46.0 Å². The summed E-state index contributed by atoms with van der Waals surface area (Å²) < 4.78 is 124. The average molecular weight is 463 g/mol. The van der Waals surface area contributed by atoms with Crippen molar-refractivity contribution in [3.63, 3.8) is 0 Å². The molecular formula is C24H29N7O2. The van der Waals surface area contributed by atoms with Gasteiger partial charge >= 0.3 is 0 Å². The van der Waals surface area contributed by atoms with Crippen molar-refractivity contribution in [1.29, 1.82) is 0 Å². The average Bonchev–Trinajstić information content (AvgIpc) is 3.13. The summed E-state index contributed by atoms with van der Waals surface area (Å²) in [5.74, 6) is -1.37. The lowest BCUT2D eigenvalue weighted by Crippen LogP contribution is -2.43. The largest absolute Gasteiger partial charge is 0.368 e. The fourth-order valence-corrected chi connectivity index (χ4v) is 3.55. The fraction of sp³-hybridized carbons (Fsp3) is 0.458. The van der Waals surface area contributed by atoms with Gasteiger partial charge in [-0.1, -0.05) is 12.8 Å². The first-order chi connectivity index (χ1) is 21.7. The number of anilines is 3. The minimum atomic E-state index is -3.11. The smallest absolute Gasteiger partial charge is 0.263 e. The van der Waals surface area contributed by atoms with Crippen LogP contribution in [0.3, 0.4) is 0 Å². The van der Waals surface area contributed by atoms with Gasteiger partial charge in [0.25, 0.3) is 5.56 Å². The zero-order valence-corrected chi connectivity index (χ0v) is 17.4. The highest BCUT2D eigenvalue weighted by molar-refractivity contribution is 5.99. The molecule has 0 atom stereocenters. The first kappa shape index (κ1) is 10.3. The van der Waals surface area contributed by atoms with Gasteiger partial charge in [0, 0.05) is 58.7 Å². The van der Waals surface area contributed by atoms with Crippen molar-refractivity contribution in [2.45, 2.75) is 45.4 Å². The summed E-state index contributed by atoms with van der Waals surface area (Å²) in [6.45, 7) is -14.4. The minimum Gasteiger partial charge on any atom is -0.368 e. The standard InChI is InChI=1S/C24H29N7O2/c1-15-19-14-27-24(28-20-8-7-18(13-26-20)30-11-9-25-10-12-30)29-22(19)31(17-5-3-4-6-17)23(33)21(15)16(2)32/h7-8,13-14,17,25H,3-6,9-12H2,1-2H3,(H,26,27,28,29)/i1D3,5D2,6D2,9D2,10D2,11D2,12D2. The predicted molar refractivity (Wildman–Crippen MR) is 129 cm³/mol. The molecule has 0 aromatic carbocycles. The second-order valence-electron chi connectivity index (χ2n) is 7.18. The summed E-state index contributed by atoms with van der Waals surface area (Å²) in [5.41, 5.74) is -3.52. The number of nitrogens with one attached hydrogen (secondary N) is 2. The molecule has 4 heterocycles. The van der Waals surface area contributed by atoms with Crippen molar-refractivity contribution in [1.82, 2.24) is 24.8 Å². The van der Waals surface area contributed by atoms with Crippen molar-refractivity contribution in [2.75, 3.05) is 36.2 Å². The Kier molecular flexibility index (Phi) is 2.78. The Morgan fingerprint density at radius 3 is 2.67 bits per heavy atom. The first-order valence-electron chi connectivity index (χ1n) is 17.5. The van der Waals surface area contributed by atoms with E-state index in [-0.39, 0.29) is 40.6 Å². The molecule has 0 amide bonds. The van der Waals surface area contributed by atoms with E-state index in [4.69, 9.17) is 20.6 Å². The highest BCUT2D eigenvalue weighted by Gasteiger charge is 2.25. The SMILES string of the molecule is [2H]C([2H])([2H])c1c(C(C)=O)c(=O)n(C2C([2H])([2H])CCC2([2H])[2H])c2nc(Nc3ccc(N4C([2H])([2H])C([2H])([2H])NC([2H])([2H])C4([2H])[2H])cn3)ncc12. The summed E-state index contributed by atoms with van der Waals surface area (Å²) in [7, 11) is 0. The van der Waals surface area contributed by atoms with E-state index < -0.39 is 79.7 Å². The van der Waals surface area contributed by atoms with Gasteiger partial charge in [0.05, 0.1) is 22.9 Å². The van der Waals surface area contributed by atoms with E-state index in [2.05, 4.69) is 20.3 Å². The van der Waals surface area contributed by atoms with Crippen LogP contribution in [0.15, 0.2) is 29.3 Å². The molecular weight excluding hydrogens is 418 g/mol. The molecule has 3 aromatic rings. The van der Waals surface area contributed by atoms with E-state index in [9.17, 15) is 9.59 Å². The summed E-state index contributed by atoms with van der Waals surface area (Å²) in [6, 6.07) is 0.485. The Hall–Kier alpha value is -3.33. The molecule has 0 spiro atoms. The molecule has 33 heavy (non-hydrogen) atoms. The Morgan fingerprint density at radius 2 is 2.00 bits per heavy atom. The lowest BCUT2D eigenvalue weighted by Gasteiger charge is -2.29. The van der Waals surface area contributed by atoms with E-state index >= 15 is 0 Å². The number of rotatable bonds is 5. The number of carbonyl (C=O) groups excluding carboxylic acids is 1. The molecule has 3 aromatic heterocycles. The zero-order chi connectivity index (χ0) is 36.2. The highest BCUT2D eigenvalue weighted by Crippen LogP contribution is 2.32. The van der Waals surface area contributed by atoms with Gasteiger partial charge in [0.1, 0.15) is 11.5 Å². The third kappa shape index (κ3) is 4.08. The van der Waals surface area contributed by atoms with Gasteiger partial charge in [-0.25, -0.2) is 9.97 Å². The lowest BCUT2D eigenvalue weighted by molar-refractivity contribution is 0.101. The maximum atomic E-state index is 13.9. The predicted octanol–water partition coefficient (Wildman–Crippen LogP) is 2.97. The van der Waals surface area contributed by atoms with Gasteiger partial charge < -0.3 is 15.5 Å². The van der Waals surface area contributed by atoms with Crippen molar-refractivity contribution >= 4 is 34.3 Å². The molecule has 2 aliphatic rings. The van der Waals surface area contributed by atoms with E-state index in [0.717, 1.165) is 25.4 Å². The van der Waals surface area contributed by atoms with Crippen LogP contribution in [-0.2, 0) is 0 Å². The van der Waals surface area contributed by atoms with Crippen LogP contribution in [-0.4, -0.2) is 51.3 Å². The Labute approximate surface area is 213 Å². The molecule has 0 unspecified atom stereocenters. The Bertz CT molecular complexity index is 1820. The quantitative estimate of drug-likeness (QED) is 0.558. The summed E-state index contributed by atoms with van der Waals surface area (Å²) in [5, 5.41) is 4.08. The minimum absolute atomic E-state index is 0.0859. The highest BCUT2D eigenvalue weighted by atomic mass is 16.1. The molecule has 0 radical (unpaired) electrons. The van der Waals surface area contributed by atoms with Gasteiger partial charge in [-0.3, -0.25) is 14.2 Å². The molecule has 0 bridgehead atoms. The molecule has 5 rings (SSSR count).